The van der Waals surface area contributed by atoms with Crippen molar-refractivity contribution in [2.24, 2.45) is 5.92 Å². The van der Waals surface area contributed by atoms with Gasteiger partial charge in [-0.15, -0.1) is 0 Å². The molecule has 0 aliphatic heterocycles. The summed E-state index contributed by atoms with van der Waals surface area (Å²) in [4.78, 5) is 23.5. The first-order chi connectivity index (χ1) is 8.95. The molecule has 1 aliphatic carbocycles. The molecule has 0 saturated carbocycles. The van der Waals surface area contributed by atoms with Crippen LogP contribution in [0.25, 0.3) is 0 Å². The fourth-order valence-electron chi connectivity index (χ4n) is 2.68. The van der Waals surface area contributed by atoms with E-state index in [2.05, 4.69) is 0 Å². The molecule has 0 bridgehead atoms. The minimum Gasteiger partial charge on any atom is -0.496 e. The summed E-state index contributed by atoms with van der Waals surface area (Å²) in [6.07, 6.45) is 0.162. The van der Waals surface area contributed by atoms with E-state index < -0.39 is 0 Å². The van der Waals surface area contributed by atoms with E-state index in [9.17, 15) is 9.59 Å². The second-order valence-corrected chi connectivity index (χ2v) is 4.95. The van der Waals surface area contributed by atoms with Crippen LogP contribution in [0.4, 0.5) is 0 Å². The lowest BCUT2D eigenvalue weighted by Crippen LogP contribution is -2.27. The van der Waals surface area contributed by atoms with Crippen LogP contribution in [0.3, 0.4) is 0 Å². The van der Waals surface area contributed by atoms with Crippen LogP contribution in [0.5, 0.6) is 5.75 Å². The zero-order valence-electron chi connectivity index (χ0n) is 11.6. The van der Waals surface area contributed by atoms with Crippen molar-refractivity contribution < 1.29 is 19.1 Å². The summed E-state index contributed by atoms with van der Waals surface area (Å²) in [6.45, 7) is 5.13. The number of rotatable bonds is 2. The highest BCUT2D eigenvalue weighted by Gasteiger charge is 2.34. The number of methoxy groups -OCH3 is 1. The second kappa shape index (κ2) is 5.03. The van der Waals surface area contributed by atoms with Crippen molar-refractivity contribution in [3.05, 3.63) is 28.8 Å². The van der Waals surface area contributed by atoms with Gasteiger partial charge in [-0.25, -0.2) is 0 Å². The lowest BCUT2D eigenvalue weighted by Gasteiger charge is -2.30. The van der Waals surface area contributed by atoms with Gasteiger partial charge in [-0.05, 0) is 31.0 Å². The molecule has 0 spiro atoms. The van der Waals surface area contributed by atoms with E-state index in [-0.39, 0.29) is 23.8 Å². The topological polar surface area (TPSA) is 52.6 Å². The van der Waals surface area contributed by atoms with E-state index in [1.807, 2.05) is 13.8 Å². The summed E-state index contributed by atoms with van der Waals surface area (Å²) in [5.74, 6) is 0.340. The highest BCUT2D eigenvalue weighted by atomic mass is 16.5. The smallest absolute Gasteiger partial charge is 0.303 e. The molecule has 4 nitrogen and oxygen atoms in total. The van der Waals surface area contributed by atoms with E-state index in [4.69, 9.17) is 9.47 Å². The SMILES string of the molecule is COc1ccc2c(c1C)C(OC(C)=O)CC(C)C2=O. The number of hydrogen-bond donors (Lipinski definition) is 0. The third-order valence-electron chi connectivity index (χ3n) is 3.60. The molecule has 1 aliphatic rings. The van der Waals surface area contributed by atoms with Crippen LogP contribution in [0.2, 0.25) is 0 Å². The number of carbonyl (C=O) groups excluding carboxylic acids is 2. The fourth-order valence-corrected chi connectivity index (χ4v) is 2.68. The molecule has 2 unspecified atom stereocenters. The molecule has 0 N–H and O–H groups in total. The van der Waals surface area contributed by atoms with Crippen molar-refractivity contribution in [3.8, 4) is 5.75 Å². The number of ketones is 1. The number of esters is 1. The summed E-state index contributed by atoms with van der Waals surface area (Å²) < 4.78 is 10.6. The van der Waals surface area contributed by atoms with E-state index in [1.165, 1.54) is 6.92 Å². The quantitative estimate of drug-likeness (QED) is 0.769. The Bertz CT molecular complexity index is 533. The van der Waals surface area contributed by atoms with Gasteiger partial charge in [-0.2, -0.15) is 0 Å². The summed E-state index contributed by atoms with van der Waals surface area (Å²) >= 11 is 0. The maximum atomic E-state index is 12.2. The van der Waals surface area contributed by atoms with E-state index in [1.54, 1.807) is 19.2 Å². The Hall–Kier alpha value is -1.84. The molecule has 4 heteroatoms. The molecular weight excluding hydrogens is 244 g/mol. The van der Waals surface area contributed by atoms with Crippen LogP contribution in [0.1, 0.15) is 47.9 Å². The number of fused-ring (bicyclic) bond motifs is 1. The van der Waals surface area contributed by atoms with Gasteiger partial charge in [0.05, 0.1) is 7.11 Å². The van der Waals surface area contributed by atoms with Crippen LogP contribution in [0, 0.1) is 12.8 Å². The Morgan fingerprint density at radius 2 is 2.05 bits per heavy atom. The minimum atomic E-state index is -0.365. The number of benzene rings is 1. The van der Waals surface area contributed by atoms with E-state index in [0.717, 1.165) is 11.1 Å². The third-order valence-corrected chi connectivity index (χ3v) is 3.60. The molecule has 0 heterocycles. The number of Topliss-reactive ketones (excluding diaryl/α,β-unsaturated/α-hetero) is 1. The number of ether oxygens (including phenoxy) is 2. The number of hydrogen-bond acceptors (Lipinski definition) is 4. The van der Waals surface area contributed by atoms with Gasteiger partial charge < -0.3 is 9.47 Å². The Kier molecular flexibility index (Phi) is 3.60. The van der Waals surface area contributed by atoms with Crippen molar-refractivity contribution >= 4 is 11.8 Å². The van der Waals surface area contributed by atoms with Crippen molar-refractivity contribution in [1.82, 2.24) is 0 Å². The fraction of sp³-hybridized carbons (Fsp3) is 0.467. The standard InChI is InChI=1S/C15H18O4/c1-8-7-13(19-10(3)16)14-9(2)12(18-4)6-5-11(14)15(8)17/h5-6,8,13H,7H2,1-4H3. The van der Waals surface area contributed by atoms with Crippen LogP contribution in [0.15, 0.2) is 12.1 Å². The maximum Gasteiger partial charge on any atom is 0.303 e. The van der Waals surface area contributed by atoms with Crippen LogP contribution >= 0.6 is 0 Å². The largest absolute Gasteiger partial charge is 0.496 e. The van der Waals surface area contributed by atoms with Crippen molar-refractivity contribution in [1.29, 1.82) is 0 Å². The lowest BCUT2D eigenvalue weighted by atomic mass is 9.79. The molecule has 2 atom stereocenters. The zero-order chi connectivity index (χ0) is 14.2. The van der Waals surface area contributed by atoms with Crippen molar-refractivity contribution in [2.45, 2.75) is 33.3 Å². The number of carbonyl (C=O) groups is 2. The third kappa shape index (κ3) is 2.35. The van der Waals surface area contributed by atoms with E-state index >= 15 is 0 Å². The van der Waals surface area contributed by atoms with Crippen molar-refractivity contribution in [2.75, 3.05) is 7.11 Å². The predicted molar refractivity (Wildman–Crippen MR) is 70.3 cm³/mol. The highest BCUT2D eigenvalue weighted by Crippen LogP contribution is 2.40. The monoisotopic (exact) mass is 262 g/mol. The molecule has 0 saturated heterocycles. The van der Waals surface area contributed by atoms with Gasteiger partial charge in [0, 0.05) is 24.0 Å². The van der Waals surface area contributed by atoms with Crippen LogP contribution in [-0.2, 0) is 9.53 Å². The van der Waals surface area contributed by atoms with Crippen LogP contribution < -0.4 is 4.74 Å². The Morgan fingerprint density at radius 1 is 1.37 bits per heavy atom. The summed E-state index contributed by atoms with van der Waals surface area (Å²) in [5.41, 5.74) is 2.30. The van der Waals surface area contributed by atoms with Gasteiger partial charge in [0.2, 0.25) is 0 Å². The predicted octanol–water partition coefficient (Wildman–Crippen LogP) is 2.83. The van der Waals surface area contributed by atoms with Gasteiger partial charge in [0.25, 0.3) is 0 Å². The first-order valence-corrected chi connectivity index (χ1v) is 6.34. The summed E-state index contributed by atoms with van der Waals surface area (Å²) in [5, 5.41) is 0. The normalized spacial score (nSPS) is 21.8. The molecular formula is C15H18O4. The first kappa shape index (κ1) is 13.6. The lowest BCUT2D eigenvalue weighted by molar-refractivity contribution is -0.147. The second-order valence-electron chi connectivity index (χ2n) is 4.95. The first-order valence-electron chi connectivity index (χ1n) is 6.34. The molecule has 102 valence electrons. The molecule has 1 aromatic carbocycles. The average Bonchev–Trinajstić information content (AvgIpc) is 2.34. The Morgan fingerprint density at radius 3 is 2.63 bits per heavy atom. The average molecular weight is 262 g/mol. The molecule has 0 radical (unpaired) electrons. The molecule has 2 rings (SSSR count). The van der Waals surface area contributed by atoms with Gasteiger partial charge in [-0.1, -0.05) is 6.92 Å². The Balaban J connectivity index is 2.57. The Labute approximate surface area is 112 Å². The summed E-state index contributed by atoms with van der Waals surface area (Å²) in [6, 6.07) is 3.55. The van der Waals surface area contributed by atoms with Gasteiger partial charge in [0.1, 0.15) is 11.9 Å². The molecule has 19 heavy (non-hydrogen) atoms. The van der Waals surface area contributed by atoms with Gasteiger partial charge in [0.15, 0.2) is 5.78 Å². The van der Waals surface area contributed by atoms with E-state index in [0.29, 0.717) is 17.7 Å². The minimum absolute atomic E-state index is 0.101. The van der Waals surface area contributed by atoms with Crippen molar-refractivity contribution in [3.63, 3.8) is 0 Å². The highest BCUT2D eigenvalue weighted by molar-refractivity contribution is 6.01. The molecule has 0 aromatic heterocycles. The zero-order valence-corrected chi connectivity index (χ0v) is 11.6. The maximum absolute atomic E-state index is 12.2. The summed E-state index contributed by atoms with van der Waals surface area (Å²) in [7, 11) is 1.59. The van der Waals surface area contributed by atoms with Gasteiger partial charge in [-0.3, -0.25) is 9.59 Å². The molecule has 0 fully saturated rings. The van der Waals surface area contributed by atoms with Gasteiger partial charge >= 0.3 is 5.97 Å². The molecule has 0 amide bonds. The molecule has 1 aromatic rings. The van der Waals surface area contributed by atoms with Crippen LogP contribution in [-0.4, -0.2) is 18.9 Å².